The van der Waals surface area contributed by atoms with E-state index < -0.39 is 41.1 Å². The van der Waals surface area contributed by atoms with Gasteiger partial charge in [-0.2, -0.15) is 9.78 Å². The van der Waals surface area contributed by atoms with Gasteiger partial charge in [-0.15, -0.1) is 0 Å². The molecule has 1 N–H and O–H groups in total. The van der Waals surface area contributed by atoms with Gasteiger partial charge in [0, 0.05) is 49.6 Å². The van der Waals surface area contributed by atoms with Crippen LogP contribution >= 0.6 is 0 Å². The molecule has 46 heavy (non-hydrogen) atoms. The number of nitrogens with zero attached hydrogens (tertiary/aromatic N) is 5. The van der Waals surface area contributed by atoms with E-state index in [1.807, 2.05) is 0 Å². The van der Waals surface area contributed by atoms with Crippen LogP contribution in [-0.2, 0) is 4.79 Å². The first kappa shape index (κ1) is 35.5. The van der Waals surface area contributed by atoms with E-state index in [1.54, 1.807) is 32.0 Å². The Balaban J connectivity index is 0.00000185. The first-order valence-electron chi connectivity index (χ1n) is 14.4. The highest BCUT2D eigenvalue weighted by atomic mass is 19.3. The van der Waals surface area contributed by atoms with Gasteiger partial charge in [0.2, 0.25) is 0 Å². The first-order valence-corrected chi connectivity index (χ1v) is 14.4. The van der Waals surface area contributed by atoms with Gasteiger partial charge in [0.15, 0.2) is 11.6 Å². The van der Waals surface area contributed by atoms with Gasteiger partial charge >= 0.3 is 0 Å². The Morgan fingerprint density at radius 1 is 1.09 bits per heavy atom. The molecular formula is C33H35F5N6O2. The summed E-state index contributed by atoms with van der Waals surface area (Å²) in [7, 11) is 3.40. The quantitative estimate of drug-likeness (QED) is 0.198. The highest BCUT2D eigenvalue weighted by molar-refractivity contribution is 5.77. The van der Waals surface area contributed by atoms with Gasteiger partial charge in [-0.05, 0) is 60.9 Å². The normalized spacial score (nSPS) is 14.1. The van der Waals surface area contributed by atoms with Gasteiger partial charge in [0.1, 0.15) is 23.6 Å². The van der Waals surface area contributed by atoms with E-state index in [0.29, 0.717) is 40.7 Å². The zero-order chi connectivity index (χ0) is 34.1. The number of aromatic nitrogens is 4. The molecule has 0 bridgehead atoms. The van der Waals surface area contributed by atoms with Crippen LogP contribution < -0.4 is 10.9 Å². The molecule has 2 aromatic heterocycles. The fraction of sp³-hybridized carbons (Fsp3) is 0.303. The van der Waals surface area contributed by atoms with E-state index in [4.69, 9.17) is 0 Å². The Kier molecular flexibility index (Phi) is 12.3. The van der Waals surface area contributed by atoms with Crippen LogP contribution in [-0.4, -0.2) is 51.1 Å². The Bertz CT molecular complexity index is 1740. The number of aldehydes is 1. The van der Waals surface area contributed by atoms with Crippen LogP contribution in [0.15, 0.2) is 82.4 Å². The maximum atomic E-state index is 14.9. The van der Waals surface area contributed by atoms with Gasteiger partial charge in [-0.1, -0.05) is 20.3 Å². The molecule has 0 amide bonds. The third-order valence-electron chi connectivity index (χ3n) is 6.62. The summed E-state index contributed by atoms with van der Waals surface area (Å²) in [4.78, 5) is 34.6. The number of hydrogen-bond acceptors (Lipinski definition) is 7. The van der Waals surface area contributed by atoms with E-state index in [9.17, 15) is 31.5 Å². The monoisotopic (exact) mass is 642 g/mol. The van der Waals surface area contributed by atoms with Crippen molar-refractivity contribution in [1.29, 1.82) is 0 Å². The molecule has 1 aliphatic rings. The number of halogens is 5. The molecule has 0 saturated carbocycles. The van der Waals surface area contributed by atoms with Crippen LogP contribution in [0.1, 0.15) is 57.0 Å². The smallest absolute Gasteiger partial charge is 0.272 e. The number of hydrogen-bond donors (Lipinski definition) is 1. The summed E-state index contributed by atoms with van der Waals surface area (Å²) < 4.78 is 71.3. The lowest BCUT2D eigenvalue weighted by Crippen LogP contribution is -2.23. The van der Waals surface area contributed by atoms with E-state index >= 15 is 0 Å². The molecule has 1 atom stereocenters. The Labute approximate surface area is 263 Å². The summed E-state index contributed by atoms with van der Waals surface area (Å²) in [6.07, 6.45) is 6.50. The standard InChI is InChI=1S/C30H27F5N6O2.C3H8/c1-16(39-25-6-5-24(32)29(33)28(25)30(34)35)23-11-21(31)8-18(15-42)7-19(23)9-26(40(3)4)20-10-27(43)41(38-12-20)22-13-36-17(2)37-14-22;1-3-2/h5-6,8-16,30,39H,7H2,1-4H3;3H2,1-2H3/b26-9-;/t16-;/m1./s1. The van der Waals surface area contributed by atoms with Crippen molar-refractivity contribution in [3.05, 3.63) is 117 Å². The summed E-state index contributed by atoms with van der Waals surface area (Å²) in [5, 5.41) is 6.97. The number of allylic oxidation sites excluding steroid dienone is 5. The number of carbonyl (C=O) groups is 1. The predicted molar refractivity (Wildman–Crippen MR) is 167 cm³/mol. The predicted octanol–water partition coefficient (Wildman–Crippen LogP) is 7.05. The van der Waals surface area contributed by atoms with E-state index in [1.165, 1.54) is 38.0 Å². The van der Waals surface area contributed by atoms with Gasteiger partial charge < -0.3 is 10.2 Å². The second-order valence-electron chi connectivity index (χ2n) is 10.6. The van der Waals surface area contributed by atoms with Crippen LogP contribution in [0.3, 0.4) is 0 Å². The molecule has 244 valence electrons. The third kappa shape index (κ3) is 8.61. The fourth-order valence-electron chi connectivity index (χ4n) is 4.54. The van der Waals surface area contributed by atoms with Crippen molar-refractivity contribution in [1.82, 2.24) is 24.6 Å². The lowest BCUT2D eigenvalue weighted by Gasteiger charge is -2.23. The third-order valence-corrected chi connectivity index (χ3v) is 6.62. The largest absolute Gasteiger partial charge is 0.378 e. The summed E-state index contributed by atoms with van der Waals surface area (Å²) in [5.41, 5.74) is -0.0906. The number of aryl methyl sites for hydroxylation is 1. The summed E-state index contributed by atoms with van der Waals surface area (Å²) >= 11 is 0. The number of anilines is 1. The zero-order valence-electron chi connectivity index (χ0n) is 26.3. The Hall–Kier alpha value is -4.94. The first-order chi connectivity index (χ1) is 21.8. The van der Waals surface area contributed by atoms with E-state index in [0.717, 1.165) is 22.9 Å². The summed E-state index contributed by atoms with van der Waals surface area (Å²) in [6.45, 7) is 7.48. The molecule has 1 aromatic carbocycles. The Morgan fingerprint density at radius 2 is 1.74 bits per heavy atom. The molecule has 1 aliphatic carbocycles. The van der Waals surface area contributed by atoms with Gasteiger partial charge in [-0.25, -0.2) is 31.9 Å². The van der Waals surface area contributed by atoms with Gasteiger partial charge in [-0.3, -0.25) is 9.59 Å². The maximum absolute atomic E-state index is 14.9. The van der Waals surface area contributed by atoms with Crippen molar-refractivity contribution in [3.8, 4) is 5.69 Å². The Morgan fingerprint density at radius 3 is 2.30 bits per heavy atom. The molecule has 0 spiro atoms. The molecular weight excluding hydrogens is 607 g/mol. The fourth-order valence-corrected chi connectivity index (χ4v) is 4.54. The van der Waals surface area contributed by atoms with E-state index in [-0.39, 0.29) is 23.3 Å². The van der Waals surface area contributed by atoms with Crippen molar-refractivity contribution in [2.45, 2.75) is 53.0 Å². The SMILES string of the molecule is CCC.Cc1ncc(-n2ncc(/C(=C/C3=C([C@@H](C)Nc4ccc(F)c(F)c4C(F)F)C=C(F)C=C(C=O)C3)N(C)C)cc2=O)cn1. The topological polar surface area (TPSA) is 93.0 Å². The molecule has 2 heterocycles. The van der Waals surface area contributed by atoms with Crippen LogP contribution in [0.2, 0.25) is 0 Å². The molecule has 13 heteroatoms. The molecule has 0 radical (unpaired) electrons. The highest BCUT2D eigenvalue weighted by Gasteiger charge is 2.25. The lowest BCUT2D eigenvalue weighted by molar-refractivity contribution is -0.105. The molecule has 0 aliphatic heterocycles. The minimum absolute atomic E-state index is 0.0587. The minimum Gasteiger partial charge on any atom is -0.378 e. The summed E-state index contributed by atoms with van der Waals surface area (Å²) in [5.74, 6) is -3.38. The van der Waals surface area contributed by atoms with Crippen molar-refractivity contribution in [2.24, 2.45) is 0 Å². The molecule has 0 fully saturated rings. The maximum Gasteiger partial charge on any atom is 0.272 e. The van der Waals surface area contributed by atoms with Gasteiger partial charge in [0.25, 0.3) is 12.0 Å². The number of carbonyl (C=O) groups excluding carboxylic acids is 1. The van der Waals surface area contributed by atoms with Crippen LogP contribution in [0.25, 0.3) is 11.4 Å². The number of rotatable bonds is 9. The van der Waals surface area contributed by atoms with Crippen molar-refractivity contribution in [3.63, 3.8) is 0 Å². The second kappa shape index (κ2) is 15.9. The number of alkyl halides is 2. The molecule has 8 nitrogen and oxygen atoms in total. The second-order valence-corrected chi connectivity index (χ2v) is 10.6. The lowest BCUT2D eigenvalue weighted by atomic mass is 9.95. The van der Waals surface area contributed by atoms with Crippen molar-refractivity contribution in [2.75, 3.05) is 19.4 Å². The molecule has 3 aromatic rings. The van der Waals surface area contributed by atoms with Crippen LogP contribution in [0.5, 0.6) is 0 Å². The minimum atomic E-state index is -3.33. The number of nitrogens with one attached hydrogen (secondary N) is 1. The molecule has 4 rings (SSSR count). The molecule has 0 unspecified atom stereocenters. The highest BCUT2D eigenvalue weighted by Crippen LogP contribution is 2.34. The van der Waals surface area contributed by atoms with Crippen LogP contribution in [0, 0.1) is 18.6 Å². The van der Waals surface area contributed by atoms with E-state index in [2.05, 4.69) is 34.2 Å². The van der Waals surface area contributed by atoms with Crippen molar-refractivity contribution < 1.29 is 26.7 Å². The van der Waals surface area contributed by atoms with Crippen LogP contribution in [0.4, 0.5) is 27.6 Å². The molecule has 0 saturated heterocycles. The summed E-state index contributed by atoms with van der Waals surface area (Å²) in [6, 6.07) is 2.10. The number of benzene rings is 1. The average Bonchev–Trinajstić information content (AvgIpc) is 3.16. The van der Waals surface area contributed by atoms with Crippen molar-refractivity contribution >= 4 is 17.7 Å². The van der Waals surface area contributed by atoms with Gasteiger partial charge in [0.05, 0.1) is 24.2 Å². The average molecular weight is 643 g/mol. The zero-order valence-corrected chi connectivity index (χ0v) is 26.3.